The van der Waals surface area contributed by atoms with Crippen molar-refractivity contribution in [2.75, 3.05) is 20.8 Å². The van der Waals surface area contributed by atoms with Crippen molar-refractivity contribution in [3.63, 3.8) is 0 Å². The molecule has 26 heavy (non-hydrogen) atoms. The summed E-state index contributed by atoms with van der Waals surface area (Å²) in [5.74, 6) is 0. The van der Waals surface area contributed by atoms with Crippen LogP contribution in [0, 0.1) is 0 Å². The molecule has 5 nitrogen and oxygen atoms in total. The smallest absolute Gasteiger partial charge is 0.0847 e. The molecule has 0 amide bonds. The first-order valence-electron chi connectivity index (χ1n) is 9.60. The first-order chi connectivity index (χ1) is 12.7. The van der Waals surface area contributed by atoms with E-state index in [-0.39, 0.29) is 5.60 Å². The number of benzene rings is 1. The van der Waals surface area contributed by atoms with Gasteiger partial charge in [0.15, 0.2) is 0 Å². The van der Waals surface area contributed by atoms with Crippen LogP contribution in [0.5, 0.6) is 0 Å². The summed E-state index contributed by atoms with van der Waals surface area (Å²) in [6, 6.07) is 11.1. The van der Waals surface area contributed by atoms with Gasteiger partial charge in [0.1, 0.15) is 0 Å². The number of fused-ring (bicyclic) bond motifs is 1. The molecule has 0 spiro atoms. The Bertz CT molecular complexity index is 718. The van der Waals surface area contributed by atoms with Gasteiger partial charge in [-0.15, -0.1) is 0 Å². The molecule has 2 aliphatic rings. The highest BCUT2D eigenvalue weighted by molar-refractivity contribution is 5.28. The molecule has 3 atom stereocenters. The number of ether oxygens (including phenoxy) is 2. The highest BCUT2D eigenvalue weighted by Crippen LogP contribution is 2.43. The van der Waals surface area contributed by atoms with Gasteiger partial charge >= 0.3 is 0 Å². The summed E-state index contributed by atoms with van der Waals surface area (Å²) in [5.41, 5.74) is 2.73. The van der Waals surface area contributed by atoms with Crippen molar-refractivity contribution in [3.05, 3.63) is 53.9 Å². The van der Waals surface area contributed by atoms with E-state index in [1.54, 1.807) is 0 Å². The van der Waals surface area contributed by atoms with Gasteiger partial charge in [-0.25, -0.2) is 0 Å². The molecule has 140 valence electrons. The topological polar surface area (TPSA) is 39.5 Å². The Morgan fingerprint density at radius 1 is 1.12 bits per heavy atom. The molecule has 0 bridgehead atoms. The maximum absolute atomic E-state index is 6.07. The molecule has 1 saturated heterocycles. The van der Waals surface area contributed by atoms with E-state index in [2.05, 4.69) is 34.3 Å². The highest BCUT2D eigenvalue weighted by atomic mass is 16.5. The largest absolute Gasteiger partial charge is 0.381 e. The third kappa shape index (κ3) is 3.31. The first kappa shape index (κ1) is 17.7. The molecule has 4 rings (SSSR count). The lowest BCUT2D eigenvalue weighted by atomic mass is 9.79. The number of hydrogen-bond donors (Lipinski definition) is 0. The van der Waals surface area contributed by atoms with Crippen LogP contribution in [-0.4, -0.2) is 53.2 Å². The van der Waals surface area contributed by atoms with Crippen LogP contribution in [0.1, 0.15) is 36.8 Å². The fourth-order valence-electron chi connectivity index (χ4n) is 4.81. The van der Waals surface area contributed by atoms with Crippen LogP contribution in [-0.2, 0) is 22.6 Å². The lowest BCUT2D eigenvalue weighted by molar-refractivity contribution is -0.0947. The fraction of sp³-hybridized carbons (Fsp3) is 0.571. The van der Waals surface area contributed by atoms with Crippen molar-refractivity contribution in [3.8, 4) is 0 Å². The second-order valence-electron chi connectivity index (χ2n) is 7.61. The van der Waals surface area contributed by atoms with Crippen LogP contribution in [0.4, 0.5) is 0 Å². The maximum atomic E-state index is 6.07. The van der Waals surface area contributed by atoms with E-state index in [1.807, 2.05) is 37.4 Å². The Kier molecular flexibility index (Phi) is 5.11. The van der Waals surface area contributed by atoms with Gasteiger partial charge in [-0.3, -0.25) is 9.58 Å². The van der Waals surface area contributed by atoms with Crippen molar-refractivity contribution in [1.29, 1.82) is 0 Å². The SMILES string of the molecule is CO[C@@H]1CC[C@@]2(OC)CCN(Cc3ccccc3Cn3cccn3)[C@H]2C1. The summed E-state index contributed by atoms with van der Waals surface area (Å²) in [6.45, 7) is 2.87. The quantitative estimate of drug-likeness (QED) is 0.798. The molecule has 1 aliphatic carbocycles. The van der Waals surface area contributed by atoms with Crippen molar-refractivity contribution in [2.24, 2.45) is 0 Å². The lowest BCUT2D eigenvalue weighted by Gasteiger charge is -2.43. The third-order valence-electron chi connectivity index (χ3n) is 6.37. The summed E-state index contributed by atoms with van der Waals surface area (Å²) in [5, 5.41) is 4.36. The molecule has 2 heterocycles. The predicted molar refractivity (Wildman–Crippen MR) is 101 cm³/mol. The van der Waals surface area contributed by atoms with Gasteiger partial charge in [-0.2, -0.15) is 5.10 Å². The molecule has 1 saturated carbocycles. The van der Waals surface area contributed by atoms with Crippen LogP contribution in [0.15, 0.2) is 42.7 Å². The average Bonchev–Trinajstić information content (AvgIpc) is 3.31. The number of likely N-dealkylation sites (tertiary alicyclic amines) is 1. The first-order valence-corrected chi connectivity index (χ1v) is 9.60. The second-order valence-corrected chi connectivity index (χ2v) is 7.61. The van der Waals surface area contributed by atoms with Crippen LogP contribution >= 0.6 is 0 Å². The van der Waals surface area contributed by atoms with Crippen LogP contribution in [0.25, 0.3) is 0 Å². The van der Waals surface area contributed by atoms with Gasteiger partial charge in [0, 0.05) is 45.7 Å². The molecule has 2 aromatic rings. The van der Waals surface area contributed by atoms with Crippen LogP contribution in [0.2, 0.25) is 0 Å². The minimum Gasteiger partial charge on any atom is -0.381 e. The van der Waals surface area contributed by atoms with Crippen molar-refractivity contribution in [2.45, 2.75) is 56.5 Å². The number of nitrogens with zero attached hydrogens (tertiary/aromatic N) is 3. The van der Waals surface area contributed by atoms with Crippen molar-refractivity contribution < 1.29 is 9.47 Å². The van der Waals surface area contributed by atoms with E-state index >= 15 is 0 Å². The summed E-state index contributed by atoms with van der Waals surface area (Å²) in [7, 11) is 3.72. The molecule has 1 aromatic carbocycles. The zero-order chi connectivity index (χ0) is 18.0. The van der Waals surface area contributed by atoms with Crippen LogP contribution < -0.4 is 0 Å². The minimum atomic E-state index is 0.00591. The molecule has 1 aromatic heterocycles. The predicted octanol–water partition coefficient (Wildman–Crippen LogP) is 3.09. The Balaban J connectivity index is 1.54. The Morgan fingerprint density at radius 2 is 1.92 bits per heavy atom. The summed E-state index contributed by atoms with van der Waals surface area (Å²) < 4.78 is 13.7. The number of aromatic nitrogens is 2. The Hall–Kier alpha value is -1.69. The molecule has 1 aliphatic heterocycles. The van der Waals surface area contributed by atoms with E-state index in [1.165, 1.54) is 11.1 Å². The molecule has 0 N–H and O–H groups in total. The molecular formula is C21H29N3O2. The number of rotatable bonds is 6. The van der Waals surface area contributed by atoms with E-state index < -0.39 is 0 Å². The minimum absolute atomic E-state index is 0.00591. The zero-order valence-corrected chi connectivity index (χ0v) is 15.8. The van der Waals surface area contributed by atoms with E-state index in [9.17, 15) is 0 Å². The number of methoxy groups -OCH3 is 2. The van der Waals surface area contributed by atoms with Gasteiger partial charge in [-0.1, -0.05) is 24.3 Å². The van der Waals surface area contributed by atoms with Crippen molar-refractivity contribution in [1.82, 2.24) is 14.7 Å². The van der Waals surface area contributed by atoms with Crippen molar-refractivity contribution >= 4 is 0 Å². The highest BCUT2D eigenvalue weighted by Gasteiger charge is 2.51. The summed E-state index contributed by atoms with van der Waals surface area (Å²) in [6.07, 6.45) is 8.58. The number of hydrogen-bond acceptors (Lipinski definition) is 4. The van der Waals surface area contributed by atoms with Gasteiger partial charge < -0.3 is 9.47 Å². The van der Waals surface area contributed by atoms with Gasteiger partial charge in [0.25, 0.3) is 0 Å². The summed E-state index contributed by atoms with van der Waals surface area (Å²) >= 11 is 0. The van der Waals surface area contributed by atoms with Gasteiger partial charge in [-0.05, 0) is 42.9 Å². The van der Waals surface area contributed by atoms with Gasteiger partial charge in [0.05, 0.1) is 18.2 Å². The molecular weight excluding hydrogens is 326 g/mol. The molecule has 0 unspecified atom stereocenters. The normalized spacial score (nSPS) is 29.0. The third-order valence-corrected chi connectivity index (χ3v) is 6.37. The Morgan fingerprint density at radius 3 is 2.62 bits per heavy atom. The lowest BCUT2D eigenvalue weighted by Crippen LogP contribution is -2.51. The van der Waals surface area contributed by atoms with E-state index in [0.717, 1.165) is 45.3 Å². The molecule has 2 fully saturated rings. The molecule has 0 radical (unpaired) electrons. The van der Waals surface area contributed by atoms with Crippen LogP contribution in [0.3, 0.4) is 0 Å². The van der Waals surface area contributed by atoms with E-state index in [4.69, 9.17) is 9.47 Å². The fourth-order valence-corrected chi connectivity index (χ4v) is 4.81. The van der Waals surface area contributed by atoms with E-state index in [0.29, 0.717) is 12.1 Å². The zero-order valence-electron chi connectivity index (χ0n) is 15.8. The molecule has 5 heteroatoms. The standard InChI is InChI=1S/C21H29N3O2/c1-25-19-8-9-21(26-2)10-13-23(20(21)14-19)15-17-6-3-4-7-18(17)16-24-12-5-11-22-24/h3-7,11-12,19-20H,8-10,13-16H2,1-2H3/t19-,20+,21-/m1/s1. The average molecular weight is 355 g/mol. The van der Waals surface area contributed by atoms with Gasteiger partial charge in [0.2, 0.25) is 0 Å². The monoisotopic (exact) mass is 355 g/mol. The Labute approximate surface area is 155 Å². The maximum Gasteiger partial charge on any atom is 0.0847 e. The summed E-state index contributed by atoms with van der Waals surface area (Å²) in [4.78, 5) is 2.61. The second kappa shape index (κ2) is 7.51.